The molecule has 0 atom stereocenters. The van der Waals surface area contributed by atoms with Crippen LogP contribution in [0, 0.1) is 0 Å². The summed E-state index contributed by atoms with van der Waals surface area (Å²) in [4.78, 5) is 4.68. The van der Waals surface area contributed by atoms with Gasteiger partial charge in [-0.2, -0.15) is 4.98 Å². The molecular formula is C27H23NO2. The lowest BCUT2D eigenvalue weighted by atomic mass is 10.0. The number of ether oxygens (including phenoxy) is 2. The molecule has 0 radical (unpaired) electrons. The van der Waals surface area contributed by atoms with Crippen molar-refractivity contribution in [1.29, 1.82) is 0 Å². The highest BCUT2D eigenvalue weighted by Gasteiger charge is 2.13. The lowest BCUT2D eigenvalue weighted by Gasteiger charge is -2.14. The molecule has 0 saturated carbocycles. The van der Waals surface area contributed by atoms with Crippen LogP contribution < -0.4 is 9.47 Å². The van der Waals surface area contributed by atoms with E-state index < -0.39 is 0 Å². The van der Waals surface area contributed by atoms with E-state index in [0.717, 1.165) is 27.8 Å². The molecule has 1 aromatic heterocycles. The van der Waals surface area contributed by atoms with E-state index in [1.807, 2.05) is 103 Å². The Morgan fingerprint density at radius 1 is 0.633 bits per heavy atom. The van der Waals surface area contributed by atoms with Gasteiger partial charge in [0.1, 0.15) is 13.2 Å². The molecule has 0 N–H and O–H groups in total. The lowest BCUT2D eigenvalue weighted by molar-refractivity contribution is 0.268. The average Bonchev–Trinajstić information content (AvgIpc) is 2.83. The Bertz CT molecular complexity index is 1110. The average molecular weight is 393 g/mol. The zero-order chi connectivity index (χ0) is 20.6. The van der Waals surface area contributed by atoms with Crippen LogP contribution in [0.5, 0.6) is 11.8 Å². The molecule has 0 fully saturated rings. The highest BCUT2D eigenvalue weighted by molar-refractivity contribution is 5.78. The monoisotopic (exact) mass is 393 g/mol. The summed E-state index contributed by atoms with van der Waals surface area (Å²) in [6, 6.07) is 32.1. The summed E-state index contributed by atoms with van der Waals surface area (Å²) in [5.41, 5.74) is 5.14. The van der Waals surface area contributed by atoms with Crippen LogP contribution in [0.25, 0.3) is 17.2 Å². The van der Waals surface area contributed by atoms with Gasteiger partial charge in [0.25, 0.3) is 0 Å². The molecule has 1 heterocycles. The highest BCUT2D eigenvalue weighted by Crippen LogP contribution is 2.34. The molecule has 0 aliphatic rings. The van der Waals surface area contributed by atoms with Gasteiger partial charge >= 0.3 is 0 Å². The molecule has 148 valence electrons. The van der Waals surface area contributed by atoms with Crippen LogP contribution in [0.3, 0.4) is 0 Å². The molecule has 3 heteroatoms. The van der Waals surface area contributed by atoms with Gasteiger partial charge in [0.05, 0.1) is 0 Å². The molecular weight excluding hydrogens is 370 g/mol. The molecule has 0 spiro atoms. The Kier molecular flexibility index (Phi) is 6.21. The summed E-state index contributed by atoms with van der Waals surface area (Å²) in [7, 11) is 0. The van der Waals surface area contributed by atoms with Gasteiger partial charge in [0, 0.05) is 11.6 Å². The standard InChI is InChI=1S/C27H23NO2/c1-2-23-15-9-10-16-24(23)25-17-18-26(29-19-21-11-5-3-6-12-21)28-27(25)30-20-22-13-7-4-8-14-22/h2-18H,1,19-20H2. The van der Waals surface area contributed by atoms with Crippen molar-refractivity contribution in [2.45, 2.75) is 13.2 Å². The van der Waals surface area contributed by atoms with E-state index in [9.17, 15) is 0 Å². The van der Waals surface area contributed by atoms with Crippen molar-refractivity contribution in [2.75, 3.05) is 0 Å². The zero-order valence-corrected chi connectivity index (χ0v) is 16.7. The van der Waals surface area contributed by atoms with Gasteiger partial charge in [-0.15, -0.1) is 0 Å². The van der Waals surface area contributed by atoms with Crippen LogP contribution in [0.4, 0.5) is 0 Å². The van der Waals surface area contributed by atoms with E-state index in [1.54, 1.807) is 0 Å². The normalized spacial score (nSPS) is 10.4. The first-order valence-electron chi connectivity index (χ1n) is 9.90. The lowest BCUT2D eigenvalue weighted by Crippen LogP contribution is -2.02. The quantitative estimate of drug-likeness (QED) is 0.340. The maximum atomic E-state index is 6.14. The largest absolute Gasteiger partial charge is 0.473 e. The Hall–Kier alpha value is -3.85. The van der Waals surface area contributed by atoms with E-state index in [0.29, 0.717) is 25.0 Å². The van der Waals surface area contributed by atoms with Crippen LogP contribution in [0.1, 0.15) is 16.7 Å². The van der Waals surface area contributed by atoms with Gasteiger partial charge in [-0.05, 0) is 28.3 Å². The van der Waals surface area contributed by atoms with Crippen LogP contribution in [-0.4, -0.2) is 4.98 Å². The molecule has 3 aromatic carbocycles. The van der Waals surface area contributed by atoms with Gasteiger partial charge in [-0.3, -0.25) is 0 Å². The molecule has 4 aromatic rings. The second kappa shape index (κ2) is 9.57. The van der Waals surface area contributed by atoms with Gasteiger partial charge in [-0.25, -0.2) is 0 Å². The molecule has 0 bridgehead atoms. The number of pyridine rings is 1. The maximum Gasteiger partial charge on any atom is 0.225 e. The first-order chi connectivity index (χ1) is 14.8. The second-order valence-electron chi connectivity index (χ2n) is 6.84. The minimum atomic E-state index is 0.430. The number of nitrogens with zero attached hydrogens (tertiary/aromatic N) is 1. The fraction of sp³-hybridized carbons (Fsp3) is 0.0741. The highest BCUT2D eigenvalue weighted by atomic mass is 16.5. The molecule has 0 aliphatic heterocycles. The van der Waals surface area contributed by atoms with Crippen molar-refractivity contribution in [3.63, 3.8) is 0 Å². The van der Waals surface area contributed by atoms with Crippen molar-refractivity contribution in [3.8, 4) is 22.9 Å². The third-order valence-electron chi connectivity index (χ3n) is 4.75. The second-order valence-corrected chi connectivity index (χ2v) is 6.84. The third-order valence-corrected chi connectivity index (χ3v) is 4.75. The van der Waals surface area contributed by atoms with E-state index in [1.165, 1.54) is 0 Å². The summed E-state index contributed by atoms with van der Waals surface area (Å²) < 4.78 is 12.1. The molecule has 30 heavy (non-hydrogen) atoms. The predicted molar refractivity (Wildman–Crippen MR) is 121 cm³/mol. The number of benzene rings is 3. The minimum Gasteiger partial charge on any atom is -0.473 e. The SMILES string of the molecule is C=Cc1ccccc1-c1ccc(OCc2ccccc2)nc1OCc1ccccc1. The first-order valence-corrected chi connectivity index (χ1v) is 9.90. The maximum absolute atomic E-state index is 6.14. The Morgan fingerprint density at radius 2 is 1.23 bits per heavy atom. The first kappa shape index (κ1) is 19.5. The molecule has 3 nitrogen and oxygen atoms in total. The Labute approximate surface area is 177 Å². The Morgan fingerprint density at radius 3 is 1.90 bits per heavy atom. The van der Waals surface area contributed by atoms with Crippen molar-refractivity contribution >= 4 is 6.08 Å². The van der Waals surface area contributed by atoms with Crippen molar-refractivity contribution in [1.82, 2.24) is 4.98 Å². The van der Waals surface area contributed by atoms with Crippen LogP contribution >= 0.6 is 0 Å². The van der Waals surface area contributed by atoms with Gasteiger partial charge in [0.15, 0.2) is 0 Å². The van der Waals surface area contributed by atoms with Gasteiger partial charge in [0.2, 0.25) is 11.8 Å². The van der Waals surface area contributed by atoms with E-state index in [2.05, 4.69) is 11.6 Å². The van der Waals surface area contributed by atoms with Gasteiger partial charge in [-0.1, -0.05) is 97.6 Å². The fourth-order valence-electron chi connectivity index (χ4n) is 3.20. The minimum absolute atomic E-state index is 0.430. The molecule has 4 rings (SSSR count). The predicted octanol–water partition coefficient (Wildman–Crippen LogP) is 6.55. The van der Waals surface area contributed by atoms with Gasteiger partial charge < -0.3 is 9.47 Å². The van der Waals surface area contributed by atoms with E-state index in [-0.39, 0.29) is 0 Å². The van der Waals surface area contributed by atoms with Crippen molar-refractivity contribution in [2.24, 2.45) is 0 Å². The molecule has 0 saturated heterocycles. The van der Waals surface area contributed by atoms with E-state index in [4.69, 9.17) is 9.47 Å². The number of aromatic nitrogens is 1. The van der Waals surface area contributed by atoms with Crippen LogP contribution in [0.2, 0.25) is 0 Å². The van der Waals surface area contributed by atoms with Crippen molar-refractivity contribution in [3.05, 3.63) is 120 Å². The summed E-state index contributed by atoms with van der Waals surface area (Å²) in [6.45, 7) is 4.82. The third kappa shape index (κ3) is 4.76. The fourth-order valence-corrected chi connectivity index (χ4v) is 3.20. The number of hydrogen-bond acceptors (Lipinski definition) is 3. The molecule has 0 unspecified atom stereocenters. The van der Waals surface area contributed by atoms with E-state index >= 15 is 0 Å². The summed E-state index contributed by atoms with van der Waals surface area (Å²) in [5, 5.41) is 0. The van der Waals surface area contributed by atoms with Crippen LogP contribution in [0.15, 0.2) is 104 Å². The van der Waals surface area contributed by atoms with Crippen molar-refractivity contribution < 1.29 is 9.47 Å². The smallest absolute Gasteiger partial charge is 0.225 e. The Balaban J connectivity index is 1.63. The summed E-state index contributed by atoms with van der Waals surface area (Å²) in [5.74, 6) is 1.07. The molecule has 0 aliphatic carbocycles. The topological polar surface area (TPSA) is 31.4 Å². The number of hydrogen-bond donors (Lipinski definition) is 0. The number of rotatable bonds is 8. The summed E-state index contributed by atoms with van der Waals surface area (Å²) >= 11 is 0. The zero-order valence-electron chi connectivity index (χ0n) is 16.7. The van der Waals surface area contributed by atoms with Crippen LogP contribution in [-0.2, 0) is 13.2 Å². The summed E-state index contributed by atoms with van der Waals surface area (Å²) in [6.07, 6.45) is 1.84. The molecule has 0 amide bonds.